The number of aliphatic imine (C=N–C) groups is 1. The molecule has 0 saturated carbocycles. The molecule has 0 unspecified atom stereocenters. The second-order valence-corrected chi connectivity index (χ2v) is 9.06. The van der Waals surface area contributed by atoms with Crippen LogP contribution in [0.2, 0.25) is 5.02 Å². The van der Waals surface area contributed by atoms with E-state index in [0.717, 1.165) is 10.7 Å². The predicted octanol–water partition coefficient (Wildman–Crippen LogP) is 5.52. The van der Waals surface area contributed by atoms with Crippen LogP contribution < -0.4 is 14.8 Å². The van der Waals surface area contributed by atoms with Crippen LogP contribution in [-0.2, 0) is 14.3 Å². The van der Waals surface area contributed by atoms with Crippen LogP contribution in [0.15, 0.2) is 70.3 Å². The quantitative estimate of drug-likeness (QED) is 0.429. The van der Waals surface area contributed by atoms with E-state index in [1.807, 2.05) is 35.6 Å². The van der Waals surface area contributed by atoms with Crippen LogP contribution in [0.25, 0.3) is 0 Å². The maximum atomic E-state index is 12.9. The Morgan fingerprint density at radius 3 is 2.67 bits per heavy atom. The molecule has 0 saturated heterocycles. The maximum Gasteiger partial charge on any atom is 0.338 e. The number of esters is 1. The lowest BCUT2D eigenvalue weighted by Gasteiger charge is -2.33. The van der Waals surface area contributed by atoms with E-state index in [2.05, 4.69) is 10.3 Å². The van der Waals surface area contributed by atoms with Gasteiger partial charge in [0.1, 0.15) is 0 Å². The Labute approximate surface area is 219 Å². The van der Waals surface area contributed by atoms with Crippen LogP contribution in [0.3, 0.4) is 0 Å². The van der Waals surface area contributed by atoms with Gasteiger partial charge >= 0.3 is 5.97 Å². The summed E-state index contributed by atoms with van der Waals surface area (Å²) < 4.78 is 17.0. The number of thioether (sulfide) groups is 1. The molecule has 0 bridgehead atoms. The van der Waals surface area contributed by atoms with Crippen molar-refractivity contribution < 1.29 is 23.8 Å². The molecule has 2 aromatic rings. The molecule has 1 N–H and O–H groups in total. The predicted molar refractivity (Wildman–Crippen MR) is 141 cm³/mol. The molecule has 0 aromatic heterocycles. The second kappa shape index (κ2) is 11.5. The lowest BCUT2D eigenvalue weighted by atomic mass is 9.94. The van der Waals surface area contributed by atoms with Gasteiger partial charge in [0.05, 0.1) is 41.2 Å². The van der Waals surface area contributed by atoms with Crippen molar-refractivity contribution in [3.63, 3.8) is 0 Å². The molecule has 2 aromatic carbocycles. The molecule has 2 aliphatic heterocycles. The van der Waals surface area contributed by atoms with Crippen molar-refractivity contribution in [1.29, 1.82) is 0 Å². The zero-order valence-electron chi connectivity index (χ0n) is 20.1. The Hall–Kier alpha value is -3.43. The van der Waals surface area contributed by atoms with Gasteiger partial charge < -0.3 is 24.4 Å². The van der Waals surface area contributed by atoms with Crippen molar-refractivity contribution in [2.24, 2.45) is 4.99 Å². The van der Waals surface area contributed by atoms with Crippen molar-refractivity contribution in [2.75, 3.05) is 25.1 Å². The summed E-state index contributed by atoms with van der Waals surface area (Å²) in [4.78, 5) is 31.9. The van der Waals surface area contributed by atoms with Crippen molar-refractivity contribution in [3.05, 3.63) is 75.9 Å². The Morgan fingerprint density at radius 2 is 1.92 bits per heavy atom. The molecule has 0 spiro atoms. The first-order valence-corrected chi connectivity index (χ1v) is 12.7. The first-order valence-electron chi connectivity index (χ1n) is 11.4. The minimum Gasteiger partial charge on any atom is -0.490 e. The summed E-state index contributed by atoms with van der Waals surface area (Å²) in [7, 11) is 0. The van der Waals surface area contributed by atoms with E-state index in [0.29, 0.717) is 40.1 Å². The van der Waals surface area contributed by atoms with Gasteiger partial charge in [-0.2, -0.15) is 0 Å². The zero-order chi connectivity index (χ0) is 25.7. The third kappa shape index (κ3) is 5.52. The van der Waals surface area contributed by atoms with Crippen LogP contribution in [0.4, 0.5) is 5.69 Å². The number of carbonyl (C=O) groups is 2. The van der Waals surface area contributed by atoms with Gasteiger partial charge in [-0.25, -0.2) is 9.79 Å². The lowest BCUT2D eigenvalue weighted by Crippen LogP contribution is -2.34. The summed E-state index contributed by atoms with van der Waals surface area (Å²) in [5, 5.41) is 5.87. The fourth-order valence-corrected chi connectivity index (χ4v) is 4.85. The van der Waals surface area contributed by atoms with Crippen LogP contribution in [0, 0.1) is 0 Å². The molecule has 2 aliphatic rings. The highest BCUT2D eigenvalue weighted by Gasteiger charge is 2.37. The number of anilines is 1. The van der Waals surface area contributed by atoms with E-state index in [1.165, 1.54) is 11.8 Å². The average molecular weight is 528 g/mol. The minimum absolute atomic E-state index is 0.233. The summed E-state index contributed by atoms with van der Waals surface area (Å²) in [5.74, 6) is 0.0957. The summed E-state index contributed by atoms with van der Waals surface area (Å²) in [6.07, 6.45) is 1.89. The second-order valence-electron chi connectivity index (χ2n) is 7.78. The maximum absolute atomic E-state index is 12.9. The molecule has 2 heterocycles. The third-order valence-corrected chi connectivity index (χ3v) is 6.51. The number of nitrogens with zero attached hydrogens (tertiary/aromatic N) is 2. The van der Waals surface area contributed by atoms with Gasteiger partial charge in [-0.05, 0) is 56.0 Å². The zero-order valence-corrected chi connectivity index (χ0v) is 21.7. The highest BCUT2D eigenvalue weighted by atomic mass is 35.5. The smallest absolute Gasteiger partial charge is 0.338 e. The van der Waals surface area contributed by atoms with Gasteiger partial charge in [-0.1, -0.05) is 41.6 Å². The number of benzene rings is 2. The fourth-order valence-electron chi connectivity index (χ4n) is 3.87. The average Bonchev–Trinajstić information content (AvgIpc) is 3.32. The number of allylic oxidation sites excluding steroid dienone is 1. The summed E-state index contributed by atoms with van der Waals surface area (Å²) >= 11 is 7.60. The number of nitrogens with one attached hydrogen (secondary N) is 1. The summed E-state index contributed by atoms with van der Waals surface area (Å²) in [6.45, 7) is 5.86. The van der Waals surface area contributed by atoms with E-state index in [4.69, 9.17) is 25.8 Å². The number of ether oxygens (including phenoxy) is 3. The Balaban J connectivity index is 1.59. The van der Waals surface area contributed by atoms with E-state index in [1.54, 1.807) is 44.2 Å². The van der Waals surface area contributed by atoms with Crippen molar-refractivity contribution in [3.8, 4) is 11.5 Å². The van der Waals surface area contributed by atoms with Crippen LogP contribution in [0.5, 0.6) is 11.5 Å². The van der Waals surface area contributed by atoms with Crippen molar-refractivity contribution >= 4 is 46.1 Å². The SMILES string of the molecule is CCOC(=O)C1=C(C)N=C2SC=CN2[C@@H]1c1ccc(OCC(=O)Nc2ccccc2Cl)c(OCC)c1. The normalized spacial score (nSPS) is 16.4. The molecule has 0 aliphatic carbocycles. The Kier molecular flexibility index (Phi) is 8.22. The van der Waals surface area contributed by atoms with E-state index in [9.17, 15) is 9.59 Å². The number of rotatable bonds is 9. The minimum atomic E-state index is -0.445. The van der Waals surface area contributed by atoms with Crippen LogP contribution in [-0.4, -0.2) is 41.8 Å². The molecule has 188 valence electrons. The van der Waals surface area contributed by atoms with Gasteiger partial charge in [0, 0.05) is 6.20 Å². The molecule has 8 nitrogen and oxygen atoms in total. The molecule has 0 fully saturated rings. The molecule has 4 rings (SSSR count). The van der Waals surface area contributed by atoms with Crippen molar-refractivity contribution in [1.82, 2.24) is 4.90 Å². The first-order chi connectivity index (χ1) is 17.4. The third-order valence-electron chi connectivity index (χ3n) is 5.41. The number of halogens is 1. The molecule has 36 heavy (non-hydrogen) atoms. The van der Waals surface area contributed by atoms with Crippen molar-refractivity contribution in [2.45, 2.75) is 26.8 Å². The Bertz CT molecular complexity index is 1260. The van der Waals surface area contributed by atoms with Gasteiger partial charge in [0.2, 0.25) is 0 Å². The molecule has 1 amide bonds. The van der Waals surface area contributed by atoms with Crippen LogP contribution in [0.1, 0.15) is 32.4 Å². The van der Waals surface area contributed by atoms with E-state index >= 15 is 0 Å². The van der Waals surface area contributed by atoms with Crippen LogP contribution >= 0.6 is 23.4 Å². The fraction of sp³-hybridized carbons (Fsp3) is 0.269. The first kappa shape index (κ1) is 25.7. The standard InChI is InChI=1S/C26H26ClN3O5S/c1-4-33-21-14-17(10-11-20(21)35-15-22(31)29-19-9-7-6-8-18(19)27)24-23(25(32)34-5-2)16(3)28-26-30(24)12-13-36-26/h6-14,24H,4-5,15H2,1-3H3,(H,29,31)/t24-/m1/s1. The monoisotopic (exact) mass is 527 g/mol. The summed E-state index contributed by atoms with van der Waals surface area (Å²) in [5.41, 5.74) is 2.37. The topological polar surface area (TPSA) is 89.5 Å². The molecule has 10 heteroatoms. The summed E-state index contributed by atoms with van der Waals surface area (Å²) in [6, 6.07) is 11.9. The van der Waals surface area contributed by atoms with Gasteiger partial charge in [-0.15, -0.1) is 0 Å². The number of fused-ring (bicyclic) bond motifs is 1. The van der Waals surface area contributed by atoms with E-state index < -0.39 is 12.0 Å². The number of carbonyl (C=O) groups excluding carboxylic acids is 2. The molecular formula is C26H26ClN3O5S. The largest absolute Gasteiger partial charge is 0.490 e. The molecule has 1 atom stereocenters. The number of para-hydroxylation sites is 1. The number of amides is 1. The molecular weight excluding hydrogens is 502 g/mol. The van der Waals surface area contributed by atoms with Gasteiger partial charge in [0.25, 0.3) is 5.91 Å². The number of amidine groups is 1. The number of hydrogen-bond donors (Lipinski definition) is 1. The van der Waals surface area contributed by atoms with E-state index in [-0.39, 0.29) is 19.1 Å². The molecule has 0 radical (unpaired) electrons. The Morgan fingerprint density at radius 1 is 1.11 bits per heavy atom. The number of hydrogen-bond acceptors (Lipinski definition) is 8. The van der Waals surface area contributed by atoms with Gasteiger partial charge in [-0.3, -0.25) is 4.79 Å². The highest BCUT2D eigenvalue weighted by molar-refractivity contribution is 8.16. The van der Waals surface area contributed by atoms with Gasteiger partial charge in [0.15, 0.2) is 23.3 Å². The lowest BCUT2D eigenvalue weighted by molar-refractivity contribution is -0.139. The highest BCUT2D eigenvalue weighted by Crippen LogP contribution is 2.43.